The zero-order valence-corrected chi connectivity index (χ0v) is 10.4. The molecule has 1 aliphatic heterocycles. The van der Waals surface area contributed by atoms with Crippen molar-refractivity contribution in [1.82, 2.24) is 10.2 Å². The molecule has 1 aromatic carbocycles. The second kappa shape index (κ2) is 4.58. The van der Waals surface area contributed by atoms with E-state index in [9.17, 15) is 0 Å². The summed E-state index contributed by atoms with van der Waals surface area (Å²) in [6, 6.07) is 9.81. The zero-order chi connectivity index (χ0) is 13.2. The van der Waals surface area contributed by atoms with Gasteiger partial charge in [-0.25, -0.2) is 0 Å². The van der Waals surface area contributed by atoms with Crippen molar-refractivity contribution in [3.05, 3.63) is 47.2 Å². The van der Waals surface area contributed by atoms with Gasteiger partial charge in [0.1, 0.15) is 6.07 Å². The average Bonchev–Trinajstić information content (AvgIpc) is 2.47. The summed E-state index contributed by atoms with van der Waals surface area (Å²) < 4.78 is 0. The molecule has 19 heavy (non-hydrogen) atoms. The van der Waals surface area contributed by atoms with Crippen LogP contribution in [0.2, 0.25) is 0 Å². The van der Waals surface area contributed by atoms with Gasteiger partial charge in [-0.1, -0.05) is 12.1 Å². The normalized spacial score (nSPS) is 13.7. The molecule has 1 aliphatic rings. The lowest BCUT2D eigenvalue weighted by Crippen LogP contribution is -2.32. The number of nitrogens with two attached hydrogens (primary N) is 1. The third kappa shape index (κ3) is 1.97. The minimum Gasteiger partial charge on any atom is -0.398 e. The smallest absolute Gasteiger partial charge is 0.169 e. The van der Waals surface area contributed by atoms with E-state index < -0.39 is 0 Å². The number of rotatable bonds is 1. The average molecular weight is 251 g/mol. The van der Waals surface area contributed by atoms with Crippen LogP contribution in [0.5, 0.6) is 0 Å². The monoisotopic (exact) mass is 251 g/mol. The lowest BCUT2D eigenvalue weighted by Gasteiger charge is -2.30. The van der Waals surface area contributed by atoms with Gasteiger partial charge in [-0.3, -0.25) is 0 Å². The van der Waals surface area contributed by atoms with E-state index in [0.29, 0.717) is 17.9 Å². The molecule has 94 valence electrons. The molecule has 0 saturated carbocycles. The van der Waals surface area contributed by atoms with Crippen molar-refractivity contribution >= 4 is 11.5 Å². The Morgan fingerprint density at radius 1 is 1.32 bits per heavy atom. The van der Waals surface area contributed by atoms with Gasteiger partial charge in [-0.15, -0.1) is 5.10 Å². The van der Waals surface area contributed by atoms with Crippen LogP contribution in [0, 0.1) is 11.3 Å². The standard InChI is InChI=1S/C14H13N5/c15-8-10-4-6-17-18-14(10)19-7-5-12-11(9-19)2-1-3-13(12)16/h1-4,6H,5,7,9,16H2. The largest absolute Gasteiger partial charge is 0.398 e. The Kier molecular flexibility index (Phi) is 2.76. The number of aromatic nitrogens is 2. The highest BCUT2D eigenvalue weighted by atomic mass is 15.3. The van der Waals surface area contributed by atoms with Crippen LogP contribution in [0.3, 0.4) is 0 Å². The summed E-state index contributed by atoms with van der Waals surface area (Å²) in [7, 11) is 0. The molecule has 0 bridgehead atoms. The van der Waals surface area contributed by atoms with E-state index in [2.05, 4.69) is 27.2 Å². The highest BCUT2D eigenvalue weighted by Gasteiger charge is 2.21. The lowest BCUT2D eigenvalue weighted by atomic mass is 9.98. The van der Waals surface area contributed by atoms with Crippen LogP contribution in [0.15, 0.2) is 30.5 Å². The quantitative estimate of drug-likeness (QED) is 0.777. The molecule has 0 spiro atoms. The summed E-state index contributed by atoms with van der Waals surface area (Å²) >= 11 is 0. The Bertz CT molecular complexity index is 659. The Morgan fingerprint density at radius 3 is 3.05 bits per heavy atom. The van der Waals surface area contributed by atoms with Crippen molar-refractivity contribution in [3.63, 3.8) is 0 Å². The number of hydrogen-bond donors (Lipinski definition) is 1. The minimum absolute atomic E-state index is 0.558. The fourth-order valence-electron chi connectivity index (χ4n) is 2.46. The van der Waals surface area contributed by atoms with Gasteiger partial charge in [0.25, 0.3) is 0 Å². The molecular weight excluding hydrogens is 238 g/mol. The predicted octanol–water partition coefficient (Wildman–Crippen LogP) is 1.49. The number of benzene rings is 1. The highest BCUT2D eigenvalue weighted by molar-refractivity contribution is 5.58. The molecule has 2 heterocycles. The van der Waals surface area contributed by atoms with Crippen molar-refractivity contribution in [3.8, 4) is 6.07 Å². The van der Waals surface area contributed by atoms with Gasteiger partial charge in [0.05, 0.1) is 11.8 Å². The third-order valence-corrected chi connectivity index (χ3v) is 3.42. The Balaban J connectivity index is 1.96. The molecule has 0 unspecified atom stereocenters. The van der Waals surface area contributed by atoms with Crippen LogP contribution >= 0.6 is 0 Å². The summed E-state index contributed by atoms with van der Waals surface area (Å²) in [5.74, 6) is 0.651. The van der Waals surface area contributed by atoms with Gasteiger partial charge in [0.2, 0.25) is 0 Å². The van der Waals surface area contributed by atoms with Gasteiger partial charge in [0.15, 0.2) is 5.82 Å². The van der Waals surface area contributed by atoms with Crippen LogP contribution in [-0.2, 0) is 13.0 Å². The van der Waals surface area contributed by atoms with Crippen molar-refractivity contribution in [1.29, 1.82) is 5.26 Å². The highest BCUT2D eigenvalue weighted by Crippen LogP contribution is 2.27. The summed E-state index contributed by atoms with van der Waals surface area (Å²) in [5, 5.41) is 17.1. The first-order chi connectivity index (χ1) is 9.29. The molecule has 5 heteroatoms. The molecule has 0 fully saturated rings. The van der Waals surface area contributed by atoms with Crippen molar-refractivity contribution in [2.45, 2.75) is 13.0 Å². The Hall–Kier alpha value is -2.61. The van der Waals surface area contributed by atoms with Crippen LogP contribution < -0.4 is 10.6 Å². The summed E-state index contributed by atoms with van der Waals surface area (Å²) in [6.07, 6.45) is 2.40. The van der Waals surface area contributed by atoms with Crippen LogP contribution in [0.25, 0.3) is 0 Å². The lowest BCUT2D eigenvalue weighted by molar-refractivity contribution is 0.713. The van der Waals surface area contributed by atoms with E-state index in [0.717, 1.165) is 18.7 Å². The number of nitrogens with zero attached hydrogens (tertiary/aromatic N) is 4. The predicted molar refractivity (Wildman–Crippen MR) is 72.4 cm³/mol. The molecule has 2 aromatic rings. The van der Waals surface area contributed by atoms with E-state index in [1.165, 1.54) is 17.3 Å². The van der Waals surface area contributed by atoms with Gasteiger partial charge in [-0.05, 0) is 29.7 Å². The number of fused-ring (bicyclic) bond motifs is 1. The molecule has 0 atom stereocenters. The molecule has 0 amide bonds. The maximum Gasteiger partial charge on any atom is 0.169 e. The summed E-state index contributed by atoms with van der Waals surface area (Å²) in [6.45, 7) is 1.52. The second-order valence-corrected chi connectivity index (χ2v) is 4.54. The van der Waals surface area contributed by atoms with E-state index in [1.807, 2.05) is 12.1 Å². The topological polar surface area (TPSA) is 78.8 Å². The second-order valence-electron chi connectivity index (χ2n) is 4.54. The van der Waals surface area contributed by atoms with Crippen molar-refractivity contribution < 1.29 is 0 Å². The first-order valence-corrected chi connectivity index (χ1v) is 6.12. The summed E-state index contributed by atoms with van der Waals surface area (Å²) in [5.41, 5.74) is 9.79. The molecule has 3 rings (SSSR count). The molecule has 1 aromatic heterocycles. The van der Waals surface area contributed by atoms with Crippen LogP contribution in [0.4, 0.5) is 11.5 Å². The first kappa shape index (κ1) is 11.5. The number of hydrogen-bond acceptors (Lipinski definition) is 5. The van der Waals surface area contributed by atoms with Gasteiger partial charge < -0.3 is 10.6 Å². The molecule has 5 nitrogen and oxygen atoms in total. The maximum atomic E-state index is 9.12. The molecule has 2 N–H and O–H groups in total. The van der Waals surface area contributed by atoms with Crippen molar-refractivity contribution in [2.75, 3.05) is 17.2 Å². The van der Waals surface area contributed by atoms with E-state index in [1.54, 1.807) is 6.07 Å². The van der Waals surface area contributed by atoms with Gasteiger partial charge in [-0.2, -0.15) is 10.4 Å². The Morgan fingerprint density at radius 2 is 2.21 bits per heavy atom. The van der Waals surface area contributed by atoms with Gasteiger partial charge in [0, 0.05) is 18.8 Å². The number of nitrogen functional groups attached to an aromatic ring is 1. The van der Waals surface area contributed by atoms with Crippen LogP contribution in [0.1, 0.15) is 16.7 Å². The van der Waals surface area contributed by atoms with Gasteiger partial charge >= 0.3 is 0 Å². The first-order valence-electron chi connectivity index (χ1n) is 6.12. The molecular formula is C14H13N5. The number of anilines is 2. The third-order valence-electron chi connectivity index (χ3n) is 3.42. The van der Waals surface area contributed by atoms with E-state index in [-0.39, 0.29) is 0 Å². The fraction of sp³-hybridized carbons (Fsp3) is 0.214. The zero-order valence-electron chi connectivity index (χ0n) is 10.4. The fourth-order valence-corrected chi connectivity index (χ4v) is 2.46. The van der Waals surface area contributed by atoms with Crippen molar-refractivity contribution in [2.24, 2.45) is 0 Å². The van der Waals surface area contributed by atoms with Crippen LogP contribution in [-0.4, -0.2) is 16.7 Å². The minimum atomic E-state index is 0.558. The summed E-state index contributed by atoms with van der Waals surface area (Å²) in [4.78, 5) is 2.08. The van der Waals surface area contributed by atoms with E-state index in [4.69, 9.17) is 11.0 Å². The molecule has 0 aliphatic carbocycles. The molecule has 0 radical (unpaired) electrons. The van der Waals surface area contributed by atoms with E-state index >= 15 is 0 Å². The molecule has 0 saturated heterocycles. The maximum absolute atomic E-state index is 9.12. The Labute approximate surface area is 111 Å². The SMILES string of the molecule is N#Cc1ccnnc1N1CCc2c(N)cccc2C1. The number of nitriles is 1.